The maximum Gasteiger partial charge on any atom is 0.410 e. The summed E-state index contributed by atoms with van der Waals surface area (Å²) >= 11 is 0. The van der Waals surface area contributed by atoms with E-state index in [2.05, 4.69) is 13.8 Å². The van der Waals surface area contributed by atoms with E-state index in [0.717, 1.165) is 12.8 Å². The van der Waals surface area contributed by atoms with Gasteiger partial charge in [-0.1, -0.05) is 13.8 Å². The lowest BCUT2D eigenvalue weighted by molar-refractivity contribution is -0.127. The standard InChI is InChI=1S/C18H24N2O4/c1-18(2)12-20(17(22)24-13-18)14-7-9-19(10-8-14)16(21)6-5-15-4-3-11-23-15/h3-6,11,14H,7-10,12-13H2,1-2H3. The summed E-state index contributed by atoms with van der Waals surface area (Å²) in [5, 5.41) is 0. The van der Waals surface area contributed by atoms with E-state index in [-0.39, 0.29) is 23.5 Å². The van der Waals surface area contributed by atoms with Crippen LogP contribution in [0.4, 0.5) is 4.79 Å². The minimum absolute atomic E-state index is 0.0212. The molecule has 130 valence electrons. The van der Waals surface area contributed by atoms with Crippen molar-refractivity contribution in [2.24, 2.45) is 5.41 Å². The van der Waals surface area contributed by atoms with Crippen LogP contribution >= 0.6 is 0 Å². The normalized spacial score (nSPS) is 22.0. The fourth-order valence-corrected chi connectivity index (χ4v) is 3.23. The molecule has 3 heterocycles. The first-order valence-corrected chi connectivity index (χ1v) is 8.38. The maximum atomic E-state index is 12.2. The van der Waals surface area contributed by atoms with Gasteiger partial charge in [0.05, 0.1) is 12.9 Å². The van der Waals surface area contributed by atoms with Crippen molar-refractivity contribution in [1.82, 2.24) is 9.80 Å². The molecule has 3 rings (SSSR count). The molecule has 0 spiro atoms. The van der Waals surface area contributed by atoms with E-state index in [1.807, 2.05) is 9.80 Å². The second kappa shape index (κ2) is 6.71. The Morgan fingerprint density at radius 2 is 2.08 bits per heavy atom. The van der Waals surface area contributed by atoms with Crippen LogP contribution in [0.25, 0.3) is 6.08 Å². The number of hydrogen-bond donors (Lipinski definition) is 0. The molecule has 6 nitrogen and oxygen atoms in total. The number of cyclic esters (lactones) is 1. The first-order chi connectivity index (χ1) is 11.4. The van der Waals surface area contributed by atoms with Gasteiger partial charge in [0.2, 0.25) is 5.91 Å². The van der Waals surface area contributed by atoms with Crippen LogP contribution in [0.3, 0.4) is 0 Å². The maximum absolute atomic E-state index is 12.2. The van der Waals surface area contributed by atoms with Crippen molar-refractivity contribution in [3.8, 4) is 0 Å². The molecule has 1 aromatic heterocycles. The summed E-state index contributed by atoms with van der Waals surface area (Å²) < 4.78 is 10.5. The molecule has 0 radical (unpaired) electrons. The first-order valence-electron chi connectivity index (χ1n) is 8.38. The summed E-state index contributed by atoms with van der Waals surface area (Å²) in [6, 6.07) is 3.74. The highest BCUT2D eigenvalue weighted by atomic mass is 16.6. The third-order valence-corrected chi connectivity index (χ3v) is 4.57. The molecule has 2 fully saturated rings. The number of amides is 2. The fraction of sp³-hybridized carbons (Fsp3) is 0.556. The van der Waals surface area contributed by atoms with Crippen LogP contribution in [-0.2, 0) is 9.53 Å². The third kappa shape index (κ3) is 3.80. The van der Waals surface area contributed by atoms with Crippen molar-refractivity contribution < 1.29 is 18.7 Å². The van der Waals surface area contributed by atoms with E-state index < -0.39 is 0 Å². The number of carbonyl (C=O) groups is 2. The Bertz CT molecular complexity index is 613. The van der Waals surface area contributed by atoms with E-state index in [9.17, 15) is 9.59 Å². The summed E-state index contributed by atoms with van der Waals surface area (Å²) in [5.41, 5.74) is -0.0212. The van der Waals surface area contributed by atoms with Crippen LogP contribution in [0.2, 0.25) is 0 Å². The molecule has 6 heteroatoms. The van der Waals surface area contributed by atoms with Crippen LogP contribution in [-0.4, -0.2) is 54.1 Å². The molecule has 0 atom stereocenters. The van der Waals surface area contributed by atoms with Gasteiger partial charge in [0.1, 0.15) is 5.76 Å². The number of likely N-dealkylation sites (tertiary alicyclic amines) is 1. The van der Waals surface area contributed by atoms with Crippen LogP contribution in [0, 0.1) is 5.41 Å². The van der Waals surface area contributed by atoms with E-state index in [1.165, 1.54) is 6.08 Å². The van der Waals surface area contributed by atoms with Gasteiger partial charge in [0.25, 0.3) is 0 Å². The Labute approximate surface area is 142 Å². The van der Waals surface area contributed by atoms with Crippen LogP contribution in [0.15, 0.2) is 28.9 Å². The summed E-state index contributed by atoms with van der Waals surface area (Å²) in [6.45, 7) is 6.68. The fourth-order valence-electron chi connectivity index (χ4n) is 3.23. The number of rotatable bonds is 3. The highest BCUT2D eigenvalue weighted by Gasteiger charge is 2.38. The molecule has 2 aliphatic heterocycles. The predicted octanol–water partition coefficient (Wildman–Crippen LogP) is 2.76. The average Bonchev–Trinajstić information content (AvgIpc) is 3.08. The molecular weight excluding hydrogens is 308 g/mol. The lowest BCUT2D eigenvalue weighted by atomic mass is 9.91. The summed E-state index contributed by atoms with van der Waals surface area (Å²) in [7, 11) is 0. The molecular formula is C18H24N2O4. The van der Waals surface area contributed by atoms with Gasteiger partial charge in [-0.2, -0.15) is 0 Å². The lowest BCUT2D eigenvalue weighted by Crippen LogP contribution is -2.55. The zero-order chi connectivity index (χ0) is 17.2. The highest BCUT2D eigenvalue weighted by molar-refractivity contribution is 5.91. The first kappa shape index (κ1) is 16.6. The molecule has 0 aliphatic carbocycles. The minimum atomic E-state index is -0.225. The molecule has 1 aromatic rings. The third-order valence-electron chi connectivity index (χ3n) is 4.57. The van der Waals surface area contributed by atoms with Gasteiger partial charge in [-0.25, -0.2) is 4.79 Å². The van der Waals surface area contributed by atoms with Crippen molar-refractivity contribution in [3.63, 3.8) is 0 Å². The van der Waals surface area contributed by atoms with Gasteiger partial charge in [-0.3, -0.25) is 4.79 Å². The van der Waals surface area contributed by atoms with Gasteiger partial charge in [0, 0.05) is 37.2 Å². The van der Waals surface area contributed by atoms with Crippen molar-refractivity contribution >= 4 is 18.1 Å². The van der Waals surface area contributed by atoms with Gasteiger partial charge in [-0.15, -0.1) is 0 Å². The van der Waals surface area contributed by atoms with Crippen LogP contribution in [0.5, 0.6) is 0 Å². The number of ether oxygens (including phenoxy) is 1. The average molecular weight is 332 g/mol. The second-order valence-electron chi connectivity index (χ2n) is 7.25. The Balaban J connectivity index is 1.53. The molecule has 0 bridgehead atoms. The zero-order valence-electron chi connectivity index (χ0n) is 14.2. The zero-order valence-corrected chi connectivity index (χ0v) is 14.2. The van der Waals surface area contributed by atoms with E-state index in [4.69, 9.17) is 9.15 Å². The molecule has 0 N–H and O–H groups in total. The quantitative estimate of drug-likeness (QED) is 0.799. The van der Waals surface area contributed by atoms with Crippen LogP contribution < -0.4 is 0 Å². The van der Waals surface area contributed by atoms with Gasteiger partial charge >= 0.3 is 6.09 Å². The Morgan fingerprint density at radius 1 is 1.33 bits per heavy atom. The Hall–Kier alpha value is -2.24. The van der Waals surface area contributed by atoms with Gasteiger partial charge in [0.15, 0.2) is 0 Å². The largest absolute Gasteiger partial charge is 0.465 e. The van der Waals surface area contributed by atoms with Crippen molar-refractivity contribution in [2.75, 3.05) is 26.2 Å². The molecule has 24 heavy (non-hydrogen) atoms. The monoisotopic (exact) mass is 332 g/mol. The number of carbonyl (C=O) groups excluding carboxylic acids is 2. The van der Waals surface area contributed by atoms with Crippen molar-refractivity contribution in [3.05, 3.63) is 30.2 Å². The smallest absolute Gasteiger partial charge is 0.410 e. The molecule has 2 aliphatic rings. The number of furan rings is 1. The molecule has 0 aromatic carbocycles. The Morgan fingerprint density at radius 3 is 2.75 bits per heavy atom. The Kier molecular flexibility index (Phi) is 4.64. The van der Waals surface area contributed by atoms with E-state index in [1.54, 1.807) is 24.5 Å². The van der Waals surface area contributed by atoms with Crippen molar-refractivity contribution in [2.45, 2.75) is 32.7 Å². The van der Waals surface area contributed by atoms with E-state index >= 15 is 0 Å². The van der Waals surface area contributed by atoms with Gasteiger partial charge < -0.3 is 19.0 Å². The van der Waals surface area contributed by atoms with E-state index in [0.29, 0.717) is 32.0 Å². The predicted molar refractivity (Wildman–Crippen MR) is 89.2 cm³/mol. The minimum Gasteiger partial charge on any atom is -0.465 e. The number of piperidine rings is 1. The molecule has 2 saturated heterocycles. The SMILES string of the molecule is CC1(C)COC(=O)N(C2CCN(C(=O)C=Cc3ccco3)CC2)C1. The topological polar surface area (TPSA) is 63.0 Å². The molecule has 2 amide bonds. The number of nitrogens with zero attached hydrogens (tertiary/aromatic N) is 2. The molecule has 0 unspecified atom stereocenters. The van der Waals surface area contributed by atoms with Gasteiger partial charge in [-0.05, 0) is 31.1 Å². The summed E-state index contributed by atoms with van der Waals surface area (Å²) in [4.78, 5) is 27.9. The lowest BCUT2D eigenvalue weighted by Gasteiger charge is -2.44. The van der Waals surface area contributed by atoms with Crippen molar-refractivity contribution in [1.29, 1.82) is 0 Å². The van der Waals surface area contributed by atoms with Crippen LogP contribution in [0.1, 0.15) is 32.4 Å². The number of hydrogen-bond acceptors (Lipinski definition) is 4. The molecule has 0 saturated carbocycles. The highest BCUT2D eigenvalue weighted by Crippen LogP contribution is 2.28. The summed E-state index contributed by atoms with van der Waals surface area (Å²) in [6.07, 6.45) is 6.14. The summed E-state index contributed by atoms with van der Waals surface area (Å²) in [5.74, 6) is 0.642. The second-order valence-corrected chi connectivity index (χ2v) is 7.25.